The quantitative estimate of drug-likeness (QED) is 0.778. The highest BCUT2D eigenvalue weighted by Crippen LogP contribution is 2.23. The highest BCUT2D eigenvalue weighted by molar-refractivity contribution is 5.77. The second-order valence-corrected chi connectivity index (χ2v) is 7.44. The minimum absolute atomic E-state index is 0.0479. The number of amides is 1. The maximum Gasteiger partial charge on any atom is 0.257 e. The molecule has 3 nitrogen and oxygen atoms in total. The van der Waals surface area contributed by atoms with Gasteiger partial charge in [0.25, 0.3) is 5.91 Å². The zero-order chi connectivity index (χ0) is 19.3. The maximum atomic E-state index is 12.1. The van der Waals surface area contributed by atoms with E-state index >= 15 is 0 Å². The Morgan fingerprint density at radius 2 is 1.65 bits per heavy atom. The lowest BCUT2D eigenvalue weighted by Crippen LogP contribution is -2.30. The van der Waals surface area contributed by atoms with Crippen molar-refractivity contribution in [1.82, 2.24) is 5.32 Å². The third-order valence-electron chi connectivity index (χ3n) is 4.77. The standard InChI is InChI=1S/C23H31NO2/c1-15(2)21-8-7-20(13-19(21)6)26-14-23(25)24-10-9-22-17(4)11-16(3)12-18(22)5/h7-8,11-13,15H,9-10,14H2,1-6H3,(H,24,25). The lowest BCUT2D eigenvalue weighted by molar-refractivity contribution is -0.123. The molecule has 26 heavy (non-hydrogen) atoms. The number of carbonyl (C=O) groups excluding carboxylic acids is 1. The Morgan fingerprint density at radius 3 is 2.23 bits per heavy atom. The second kappa shape index (κ2) is 8.88. The Labute approximate surface area is 157 Å². The zero-order valence-electron chi connectivity index (χ0n) is 16.9. The Balaban J connectivity index is 1.82. The Morgan fingerprint density at radius 1 is 1.00 bits per heavy atom. The number of ether oxygens (including phenoxy) is 1. The van der Waals surface area contributed by atoms with Crippen molar-refractivity contribution < 1.29 is 9.53 Å². The fourth-order valence-electron chi connectivity index (χ4n) is 3.52. The van der Waals surface area contributed by atoms with Gasteiger partial charge in [0, 0.05) is 6.54 Å². The Kier molecular flexibility index (Phi) is 6.84. The van der Waals surface area contributed by atoms with E-state index in [1.165, 1.54) is 33.4 Å². The molecule has 0 aliphatic carbocycles. The molecule has 140 valence electrons. The topological polar surface area (TPSA) is 38.3 Å². The van der Waals surface area contributed by atoms with Crippen molar-refractivity contribution in [1.29, 1.82) is 0 Å². The van der Waals surface area contributed by atoms with Crippen LogP contribution in [0.1, 0.15) is 53.1 Å². The van der Waals surface area contributed by atoms with Crippen molar-refractivity contribution in [3.63, 3.8) is 0 Å². The van der Waals surface area contributed by atoms with Crippen molar-refractivity contribution in [3.8, 4) is 5.75 Å². The fourth-order valence-corrected chi connectivity index (χ4v) is 3.52. The van der Waals surface area contributed by atoms with Gasteiger partial charge in [0.1, 0.15) is 5.75 Å². The molecule has 0 unspecified atom stereocenters. The van der Waals surface area contributed by atoms with Gasteiger partial charge in [0.15, 0.2) is 6.61 Å². The summed E-state index contributed by atoms with van der Waals surface area (Å²) < 4.78 is 5.64. The second-order valence-electron chi connectivity index (χ2n) is 7.44. The number of hydrogen-bond acceptors (Lipinski definition) is 2. The van der Waals surface area contributed by atoms with Gasteiger partial charge in [-0.2, -0.15) is 0 Å². The Hall–Kier alpha value is -2.29. The summed E-state index contributed by atoms with van der Waals surface area (Å²) in [6.07, 6.45) is 0.839. The molecule has 3 heteroatoms. The normalized spacial score (nSPS) is 10.9. The summed E-state index contributed by atoms with van der Waals surface area (Å²) in [7, 11) is 0. The van der Waals surface area contributed by atoms with E-state index < -0.39 is 0 Å². The molecular weight excluding hydrogens is 322 g/mol. The zero-order valence-corrected chi connectivity index (χ0v) is 16.9. The van der Waals surface area contributed by atoms with E-state index in [1.807, 2.05) is 12.1 Å². The summed E-state index contributed by atoms with van der Waals surface area (Å²) in [6.45, 7) is 13.5. The smallest absolute Gasteiger partial charge is 0.257 e. The van der Waals surface area contributed by atoms with Crippen LogP contribution in [0.15, 0.2) is 30.3 Å². The Bertz CT molecular complexity index is 755. The van der Waals surface area contributed by atoms with E-state index in [1.54, 1.807) is 0 Å². The van der Waals surface area contributed by atoms with E-state index in [4.69, 9.17) is 4.74 Å². The van der Waals surface area contributed by atoms with Crippen LogP contribution in [0.4, 0.5) is 0 Å². The number of benzene rings is 2. The first-order valence-corrected chi connectivity index (χ1v) is 9.34. The van der Waals surface area contributed by atoms with Crippen molar-refractivity contribution in [2.24, 2.45) is 0 Å². The molecule has 0 saturated carbocycles. The maximum absolute atomic E-state index is 12.1. The SMILES string of the molecule is Cc1cc(C)c(CCNC(=O)COc2ccc(C(C)C)c(C)c2)c(C)c1. The molecule has 1 amide bonds. The summed E-state index contributed by atoms with van der Waals surface area (Å²) in [5.41, 5.74) is 7.67. The lowest BCUT2D eigenvalue weighted by Gasteiger charge is -2.13. The molecule has 2 aromatic rings. The highest BCUT2D eigenvalue weighted by atomic mass is 16.5. The van der Waals surface area contributed by atoms with Crippen LogP contribution >= 0.6 is 0 Å². The first kappa shape index (κ1) is 20.0. The van der Waals surface area contributed by atoms with Crippen LogP contribution in [0, 0.1) is 27.7 Å². The van der Waals surface area contributed by atoms with E-state index in [2.05, 4.69) is 65.1 Å². The third-order valence-corrected chi connectivity index (χ3v) is 4.77. The number of aryl methyl sites for hydroxylation is 4. The van der Waals surface area contributed by atoms with Gasteiger partial charge in [-0.1, -0.05) is 37.6 Å². The van der Waals surface area contributed by atoms with Gasteiger partial charge in [-0.05, 0) is 80.0 Å². The molecule has 0 aliphatic heterocycles. The molecule has 0 radical (unpaired) electrons. The molecule has 0 saturated heterocycles. The van der Waals surface area contributed by atoms with Gasteiger partial charge < -0.3 is 10.1 Å². The molecule has 0 fully saturated rings. The van der Waals surface area contributed by atoms with Gasteiger partial charge in [-0.15, -0.1) is 0 Å². The van der Waals surface area contributed by atoms with Crippen LogP contribution in [-0.4, -0.2) is 19.1 Å². The predicted molar refractivity (Wildman–Crippen MR) is 108 cm³/mol. The van der Waals surface area contributed by atoms with E-state index in [0.29, 0.717) is 12.5 Å². The first-order chi connectivity index (χ1) is 12.3. The largest absolute Gasteiger partial charge is 0.484 e. The third kappa shape index (κ3) is 5.35. The number of rotatable bonds is 7. The molecule has 2 rings (SSSR count). The van der Waals surface area contributed by atoms with Gasteiger partial charge >= 0.3 is 0 Å². The minimum atomic E-state index is -0.0852. The van der Waals surface area contributed by atoms with Crippen molar-refractivity contribution in [3.05, 3.63) is 63.7 Å². The molecule has 0 aromatic heterocycles. The van der Waals surface area contributed by atoms with Crippen LogP contribution in [-0.2, 0) is 11.2 Å². The average Bonchev–Trinajstić information content (AvgIpc) is 2.55. The molecule has 0 spiro atoms. The minimum Gasteiger partial charge on any atom is -0.484 e. The van der Waals surface area contributed by atoms with Gasteiger partial charge in [-0.25, -0.2) is 0 Å². The van der Waals surface area contributed by atoms with Crippen LogP contribution in [0.3, 0.4) is 0 Å². The van der Waals surface area contributed by atoms with Crippen LogP contribution in [0.2, 0.25) is 0 Å². The molecule has 1 N–H and O–H groups in total. The van der Waals surface area contributed by atoms with E-state index in [-0.39, 0.29) is 12.5 Å². The van der Waals surface area contributed by atoms with Crippen molar-refractivity contribution in [2.75, 3.05) is 13.2 Å². The fraction of sp³-hybridized carbons (Fsp3) is 0.435. The lowest BCUT2D eigenvalue weighted by atomic mass is 9.97. The van der Waals surface area contributed by atoms with Crippen LogP contribution < -0.4 is 10.1 Å². The number of nitrogens with one attached hydrogen (secondary N) is 1. The first-order valence-electron chi connectivity index (χ1n) is 9.34. The highest BCUT2D eigenvalue weighted by Gasteiger charge is 2.08. The predicted octanol–water partition coefficient (Wildman–Crippen LogP) is 4.78. The summed E-state index contributed by atoms with van der Waals surface area (Å²) in [4.78, 5) is 12.1. The van der Waals surface area contributed by atoms with Crippen molar-refractivity contribution >= 4 is 5.91 Å². The van der Waals surface area contributed by atoms with Gasteiger partial charge in [0.05, 0.1) is 0 Å². The van der Waals surface area contributed by atoms with E-state index in [0.717, 1.165) is 12.2 Å². The molecular formula is C23H31NO2. The molecule has 0 bridgehead atoms. The summed E-state index contributed by atoms with van der Waals surface area (Å²) in [6, 6.07) is 10.4. The van der Waals surface area contributed by atoms with Crippen molar-refractivity contribution in [2.45, 2.75) is 53.9 Å². The molecule has 0 aliphatic rings. The molecule has 0 atom stereocenters. The summed E-state index contributed by atoms with van der Waals surface area (Å²) in [5, 5.41) is 2.95. The van der Waals surface area contributed by atoms with Crippen LogP contribution in [0.25, 0.3) is 0 Å². The van der Waals surface area contributed by atoms with E-state index in [9.17, 15) is 4.79 Å². The number of carbonyl (C=O) groups is 1. The van der Waals surface area contributed by atoms with Crippen LogP contribution in [0.5, 0.6) is 5.75 Å². The summed E-state index contributed by atoms with van der Waals surface area (Å²) >= 11 is 0. The molecule has 0 heterocycles. The van der Waals surface area contributed by atoms with Gasteiger partial charge in [-0.3, -0.25) is 4.79 Å². The molecule has 2 aromatic carbocycles. The monoisotopic (exact) mass is 353 g/mol. The number of hydrogen-bond donors (Lipinski definition) is 1. The summed E-state index contributed by atoms with van der Waals surface area (Å²) in [5.74, 6) is 1.14. The van der Waals surface area contributed by atoms with Gasteiger partial charge in [0.2, 0.25) is 0 Å². The average molecular weight is 354 g/mol.